The second kappa shape index (κ2) is 6.00. The van der Waals surface area contributed by atoms with Crippen molar-refractivity contribution in [3.63, 3.8) is 0 Å². The fourth-order valence-electron chi connectivity index (χ4n) is 2.02. The highest BCUT2D eigenvalue weighted by Gasteiger charge is 2.24. The van der Waals surface area contributed by atoms with Crippen LogP contribution in [0.4, 0.5) is 5.69 Å². The molecule has 0 saturated carbocycles. The number of sulfonamides is 1. The van der Waals surface area contributed by atoms with Gasteiger partial charge in [0, 0.05) is 24.6 Å². The van der Waals surface area contributed by atoms with Crippen LogP contribution in [0.15, 0.2) is 23.2 Å². The molecule has 1 amide bonds. The Kier molecular flexibility index (Phi) is 4.42. The first kappa shape index (κ1) is 17.0. The minimum Gasteiger partial charge on any atom is -0.344 e. The Labute approximate surface area is 137 Å². The van der Waals surface area contributed by atoms with Gasteiger partial charge in [-0.2, -0.15) is 5.26 Å². The van der Waals surface area contributed by atoms with Crippen LogP contribution in [0.25, 0.3) is 0 Å². The quantitative estimate of drug-likeness (QED) is 0.854. The number of hydrogen-bond acceptors (Lipinski definition) is 5. The van der Waals surface area contributed by atoms with Crippen LogP contribution in [-0.4, -0.2) is 23.9 Å². The van der Waals surface area contributed by atoms with Gasteiger partial charge >= 0.3 is 0 Å². The van der Waals surface area contributed by atoms with Crippen molar-refractivity contribution >= 4 is 33.2 Å². The third-order valence-electron chi connectivity index (χ3n) is 2.94. The van der Waals surface area contributed by atoms with Gasteiger partial charge in [-0.15, -0.1) is 0 Å². The summed E-state index contributed by atoms with van der Waals surface area (Å²) in [5.41, 5.74) is 0.961. The highest BCUT2D eigenvalue weighted by molar-refractivity contribution is 7.89. The molecule has 0 saturated heterocycles. The lowest BCUT2D eigenvalue weighted by atomic mass is 10.2. The summed E-state index contributed by atoms with van der Waals surface area (Å²) in [4.78, 5) is 16.0. The minimum absolute atomic E-state index is 0.0661. The third kappa shape index (κ3) is 3.50. The number of nitrogens with zero attached hydrogens (tertiary/aromatic N) is 3. The highest BCUT2D eigenvalue weighted by atomic mass is 35.5. The highest BCUT2D eigenvalue weighted by Crippen LogP contribution is 2.27. The van der Waals surface area contributed by atoms with Gasteiger partial charge in [0.25, 0.3) is 5.91 Å². The standard InChI is InChI=1S/C13H12ClN5O3S/c1-7-3-8(4-9(5-15)17-7)18-13(20)12-11(14)10(6-19(12)2)23(16,21)22/h3-4,6H,1-2H3,(H2,16,21,22)(H,17,18,20). The summed E-state index contributed by atoms with van der Waals surface area (Å²) in [7, 11) is -2.58. The van der Waals surface area contributed by atoms with E-state index in [9.17, 15) is 13.2 Å². The zero-order valence-corrected chi connectivity index (χ0v) is 13.7. The predicted octanol–water partition coefficient (Wildman–Crippen LogP) is 1.15. The average molecular weight is 354 g/mol. The van der Waals surface area contributed by atoms with Crippen LogP contribution < -0.4 is 10.5 Å². The summed E-state index contributed by atoms with van der Waals surface area (Å²) in [5.74, 6) is -0.637. The molecule has 0 unspecified atom stereocenters. The molecule has 2 heterocycles. The van der Waals surface area contributed by atoms with E-state index in [0.717, 1.165) is 6.20 Å². The molecule has 3 N–H and O–H groups in total. The van der Waals surface area contributed by atoms with Gasteiger partial charge in [0.05, 0.1) is 5.02 Å². The van der Waals surface area contributed by atoms with E-state index in [0.29, 0.717) is 11.4 Å². The summed E-state index contributed by atoms with van der Waals surface area (Å²) in [6.45, 7) is 1.67. The number of hydrogen-bond donors (Lipinski definition) is 2. The number of carbonyl (C=O) groups excluding carboxylic acids is 1. The molecule has 0 radical (unpaired) electrons. The van der Waals surface area contributed by atoms with Crippen LogP contribution in [0.3, 0.4) is 0 Å². The number of aromatic nitrogens is 2. The Bertz CT molecular complexity index is 943. The number of anilines is 1. The van der Waals surface area contributed by atoms with Gasteiger partial charge in [-0.25, -0.2) is 18.5 Å². The van der Waals surface area contributed by atoms with E-state index in [1.54, 1.807) is 13.0 Å². The van der Waals surface area contributed by atoms with Crippen molar-refractivity contribution in [1.82, 2.24) is 9.55 Å². The lowest BCUT2D eigenvalue weighted by Crippen LogP contribution is -2.16. The Balaban J connectivity index is 2.42. The van der Waals surface area contributed by atoms with Gasteiger partial charge in [-0.1, -0.05) is 11.6 Å². The van der Waals surface area contributed by atoms with Gasteiger partial charge in [0.1, 0.15) is 22.4 Å². The maximum absolute atomic E-state index is 12.4. The predicted molar refractivity (Wildman–Crippen MR) is 83.4 cm³/mol. The van der Waals surface area contributed by atoms with Crippen LogP contribution in [0, 0.1) is 18.3 Å². The minimum atomic E-state index is -4.04. The smallest absolute Gasteiger partial charge is 0.273 e. The molecule has 0 bridgehead atoms. The maximum atomic E-state index is 12.4. The van der Waals surface area contributed by atoms with E-state index in [-0.39, 0.29) is 21.3 Å². The largest absolute Gasteiger partial charge is 0.344 e. The molecule has 8 nitrogen and oxygen atoms in total. The Morgan fingerprint density at radius 2 is 2.13 bits per heavy atom. The second-order valence-corrected chi connectivity index (χ2v) is 6.67. The van der Waals surface area contributed by atoms with Gasteiger partial charge in [0.2, 0.25) is 10.0 Å². The molecule has 0 aliphatic carbocycles. The number of rotatable bonds is 3. The summed E-state index contributed by atoms with van der Waals surface area (Å²) in [6, 6.07) is 4.84. The molecule has 2 rings (SSSR count). The first-order chi connectivity index (χ1) is 10.6. The van der Waals surface area contributed by atoms with Crippen molar-refractivity contribution in [2.45, 2.75) is 11.8 Å². The van der Waals surface area contributed by atoms with Crippen molar-refractivity contribution in [2.24, 2.45) is 12.2 Å². The van der Waals surface area contributed by atoms with Gasteiger partial charge in [-0.05, 0) is 19.1 Å². The molecule has 2 aromatic rings. The Hall–Kier alpha value is -2.41. The van der Waals surface area contributed by atoms with Crippen molar-refractivity contribution in [2.75, 3.05) is 5.32 Å². The fourth-order valence-corrected chi connectivity index (χ4v) is 3.26. The summed E-state index contributed by atoms with van der Waals surface area (Å²) in [5, 5.41) is 16.2. The zero-order chi connectivity index (χ0) is 17.4. The topological polar surface area (TPSA) is 131 Å². The van der Waals surface area contributed by atoms with E-state index in [2.05, 4.69) is 10.3 Å². The lowest BCUT2D eigenvalue weighted by molar-refractivity contribution is 0.101. The maximum Gasteiger partial charge on any atom is 0.273 e. The first-order valence-corrected chi connectivity index (χ1v) is 8.13. The van der Waals surface area contributed by atoms with Crippen LogP contribution in [-0.2, 0) is 17.1 Å². The molecule has 120 valence electrons. The van der Waals surface area contributed by atoms with Crippen LogP contribution >= 0.6 is 11.6 Å². The van der Waals surface area contributed by atoms with Crippen LogP contribution in [0.5, 0.6) is 0 Å². The number of aryl methyl sites for hydroxylation is 2. The van der Waals surface area contributed by atoms with Crippen molar-refractivity contribution in [3.8, 4) is 6.07 Å². The fraction of sp³-hybridized carbons (Fsp3) is 0.154. The van der Waals surface area contributed by atoms with E-state index in [1.165, 1.54) is 17.7 Å². The van der Waals surface area contributed by atoms with Crippen molar-refractivity contribution in [1.29, 1.82) is 5.26 Å². The molecule has 0 aliphatic heterocycles. The second-order valence-electron chi connectivity index (χ2n) is 4.76. The number of primary sulfonamides is 1. The molecule has 0 aromatic carbocycles. The van der Waals surface area contributed by atoms with E-state index in [1.807, 2.05) is 6.07 Å². The van der Waals surface area contributed by atoms with E-state index >= 15 is 0 Å². The molecular formula is C13H12ClN5O3S. The number of nitrogens with one attached hydrogen (secondary N) is 1. The number of carbonyl (C=O) groups is 1. The van der Waals surface area contributed by atoms with Gasteiger partial charge in [0.15, 0.2) is 0 Å². The summed E-state index contributed by atoms with van der Waals surface area (Å²) in [6.07, 6.45) is 1.16. The molecule has 0 atom stereocenters. The van der Waals surface area contributed by atoms with E-state index in [4.69, 9.17) is 22.0 Å². The van der Waals surface area contributed by atoms with Crippen molar-refractivity contribution < 1.29 is 13.2 Å². The molecule has 0 fully saturated rings. The molecule has 23 heavy (non-hydrogen) atoms. The number of nitriles is 1. The van der Waals surface area contributed by atoms with Crippen molar-refractivity contribution in [3.05, 3.63) is 40.4 Å². The zero-order valence-electron chi connectivity index (χ0n) is 12.2. The van der Waals surface area contributed by atoms with Gasteiger partial charge < -0.3 is 9.88 Å². The first-order valence-electron chi connectivity index (χ1n) is 6.21. The normalized spacial score (nSPS) is 11.1. The van der Waals surface area contributed by atoms with Crippen LogP contribution in [0.2, 0.25) is 5.02 Å². The Morgan fingerprint density at radius 3 is 2.65 bits per heavy atom. The SMILES string of the molecule is Cc1cc(NC(=O)c2c(Cl)c(S(N)(=O)=O)cn2C)cc(C#N)n1. The third-order valence-corrected chi connectivity index (χ3v) is 4.35. The molecule has 10 heteroatoms. The molecule has 0 spiro atoms. The van der Waals surface area contributed by atoms with E-state index < -0.39 is 15.9 Å². The molecular weight excluding hydrogens is 342 g/mol. The number of amides is 1. The molecule has 0 aliphatic rings. The number of halogens is 1. The Morgan fingerprint density at radius 1 is 1.48 bits per heavy atom. The lowest BCUT2D eigenvalue weighted by Gasteiger charge is -2.07. The number of nitrogens with two attached hydrogens (primary N) is 1. The number of pyridine rings is 1. The molecule has 2 aromatic heterocycles. The monoisotopic (exact) mass is 353 g/mol. The summed E-state index contributed by atoms with van der Waals surface area (Å²) >= 11 is 5.96. The average Bonchev–Trinajstić information content (AvgIpc) is 2.73. The van der Waals surface area contributed by atoms with Crippen LogP contribution in [0.1, 0.15) is 21.9 Å². The summed E-state index contributed by atoms with van der Waals surface area (Å²) < 4.78 is 24.1. The van der Waals surface area contributed by atoms with Gasteiger partial charge in [-0.3, -0.25) is 4.79 Å².